The van der Waals surface area contributed by atoms with Gasteiger partial charge in [-0.25, -0.2) is 0 Å². The van der Waals surface area contributed by atoms with E-state index in [2.05, 4.69) is 0 Å². The van der Waals surface area contributed by atoms with Crippen LogP contribution in [0.5, 0.6) is 5.75 Å². The van der Waals surface area contributed by atoms with E-state index in [4.69, 9.17) is 14.2 Å². The molecule has 1 amide bonds. The molecule has 8 heteroatoms. The molecular weight excluding hydrogens is 376 g/mol. The highest BCUT2D eigenvalue weighted by Gasteiger charge is 2.47. The van der Waals surface area contributed by atoms with Crippen molar-refractivity contribution in [3.8, 4) is 5.75 Å². The molecule has 0 bridgehead atoms. The van der Waals surface area contributed by atoms with E-state index in [1.54, 1.807) is 9.47 Å². The van der Waals surface area contributed by atoms with Gasteiger partial charge in [0.25, 0.3) is 6.29 Å². The number of fused-ring (bicyclic) bond motifs is 5. The fourth-order valence-electron chi connectivity index (χ4n) is 5.01. The van der Waals surface area contributed by atoms with Crippen LogP contribution < -0.4 is 4.74 Å². The molecule has 0 radical (unpaired) electrons. The number of carbonyl (C=O) groups is 2. The maximum Gasteiger partial charge on any atom is 0.301 e. The molecule has 5 rings (SSSR count). The lowest BCUT2D eigenvalue weighted by Crippen LogP contribution is -2.38. The summed E-state index contributed by atoms with van der Waals surface area (Å²) in [5.74, 6) is 0.0548. The van der Waals surface area contributed by atoms with Crippen molar-refractivity contribution in [2.75, 3.05) is 20.2 Å². The first-order valence-corrected chi connectivity index (χ1v) is 9.98. The second kappa shape index (κ2) is 6.83. The first kappa shape index (κ1) is 18.6. The van der Waals surface area contributed by atoms with Crippen molar-refractivity contribution >= 4 is 23.2 Å². The van der Waals surface area contributed by atoms with E-state index in [1.807, 2.05) is 25.1 Å². The third kappa shape index (κ3) is 2.63. The maximum absolute atomic E-state index is 13.3. The van der Waals surface area contributed by atoms with Crippen LogP contribution in [-0.2, 0) is 20.7 Å². The van der Waals surface area contributed by atoms with Gasteiger partial charge in [-0.3, -0.25) is 14.2 Å². The quantitative estimate of drug-likeness (QED) is 0.769. The van der Waals surface area contributed by atoms with Crippen molar-refractivity contribution in [2.24, 2.45) is 5.92 Å². The largest absolute Gasteiger partial charge is 0.453 e. The van der Waals surface area contributed by atoms with Crippen molar-refractivity contribution in [3.63, 3.8) is 0 Å². The molecule has 1 aromatic heterocycles. The van der Waals surface area contributed by atoms with Crippen molar-refractivity contribution in [3.05, 3.63) is 29.5 Å². The second-order valence-corrected chi connectivity index (χ2v) is 7.97. The predicted octanol–water partition coefficient (Wildman–Crippen LogP) is 1.49. The molecule has 8 nitrogen and oxygen atoms in total. The average Bonchev–Trinajstić information content (AvgIpc) is 3.22. The lowest BCUT2D eigenvalue weighted by Gasteiger charge is -2.27. The van der Waals surface area contributed by atoms with Gasteiger partial charge in [-0.1, -0.05) is 12.1 Å². The van der Waals surface area contributed by atoms with Gasteiger partial charge < -0.3 is 24.2 Å². The van der Waals surface area contributed by atoms with Gasteiger partial charge >= 0.3 is 5.91 Å². The van der Waals surface area contributed by atoms with Crippen LogP contribution in [0.3, 0.4) is 0 Å². The number of hydrogen-bond donors (Lipinski definition) is 1. The zero-order valence-corrected chi connectivity index (χ0v) is 16.4. The number of rotatable bonds is 2. The average molecular weight is 400 g/mol. The van der Waals surface area contributed by atoms with Gasteiger partial charge in [-0.15, -0.1) is 0 Å². The van der Waals surface area contributed by atoms with Gasteiger partial charge in [-0.2, -0.15) is 0 Å². The Balaban J connectivity index is 1.78. The van der Waals surface area contributed by atoms with Crippen LogP contribution in [0.15, 0.2) is 18.2 Å². The molecule has 0 aliphatic carbocycles. The molecule has 5 unspecified atom stereocenters. The van der Waals surface area contributed by atoms with E-state index in [0.717, 1.165) is 23.1 Å². The summed E-state index contributed by atoms with van der Waals surface area (Å²) in [5.41, 5.74) is 2.41. The molecular formula is C21H24N2O6. The molecule has 29 heavy (non-hydrogen) atoms. The molecule has 3 aliphatic rings. The molecule has 0 saturated carbocycles. The number of ether oxygens (including phenoxy) is 3. The number of methoxy groups -OCH3 is 1. The molecule has 5 atom stereocenters. The molecule has 1 fully saturated rings. The number of carbonyl (C=O) groups excluding carboxylic acids is 2. The fraction of sp³-hybridized carbons (Fsp3) is 0.524. The van der Waals surface area contributed by atoms with Crippen LogP contribution in [0.4, 0.5) is 0 Å². The maximum atomic E-state index is 13.3. The highest BCUT2D eigenvalue weighted by Crippen LogP contribution is 2.47. The van der Waals surface area contributed by atoms with Crippen molar-refractivity contribution in [2.45, 2.75) is 44.4 Å². The summed E-state index contributed by atoms with van der Waals surface area (Å²) in [6.07, 6.45) is -0.473. The molecule has 1 aromatic carbocycles. The van der Waals surface area contributed by atoms with E-state index < -0.39 is 18.5 Å². The van der Waals surface area contributed by atoms with Crippen LogP contribution in [0, 0.1) is 5.92 Å². The Bertz CT molecular complexity index is 985. The Kier molecular flexibility index (Phi) is 4.38. The molecule has 154 valence electrons. The lowest BCUT2D eigenvalue weighted by atomic mass is 9.90. The Morgan fingerprint density at radius 3 is 2.90 bits per heavy atom. The van der Waals surface area contributed by atoms with Gasteiger partial charge in [0, 0.05) is 31.5 Å². The SMILES string of the molecule is COC1Oc2cccc3c4c(n(c23)C1=O)C1OC(C)C(O)C1CCN(C=O)CC4. The standard InChI is InChI=1S/C21H24N2O6/c1-11-18(25)14-7-9-22(10-24)8-6-13-12-4-3-5-15-16(12)23(17(13)19(14)28-11)20(26)21(27-2)29-15/h3-5,10-11,14,18-19,21,25H,6-9H2,1-2H3. The van der Waals surface area contributed by atoms with E-state index in [-0.39, 0.29) is 17.9 Å². The minimum atomic E-state index is -1.04. The van der Waals surface area contributed by atoms with Crippen LogP contribution in [0.25, 0.3) is 10.9 Å². The van der Waals surface area contributed by atoms with Crippen LogP contribution >= 0.6 is 0 Å². The van der Waals surface area contributed by atoms with Crippen LogP contribution in [-0.4, -0.2) is 65.6 Å². The zero-order valence-electron chi connectivity index (χ0n) is 16.4. The number of hydrogen-bond acceptors (Lipinski definition) is 6. The number of amides is 1. The normalized spacial score (nSPS) is 31.5. The monoisotopic (exact) mass is 400 g/mol. The van der Waals surface area contributed by atoms with Gasteiger partial charge in [-0.05, 0) is 31.4 Å². The third-order valence-electron chi connectivity index (χ3n) is 6.45. The zero-order chi connectivity index (χ0) is 20.3. The highest BCUT2D eigenvalue weighted by atomic mass is 16.7. The highest BCUT2D eigenvalue weighted by molar-refractivity contribution is 6.02. The number of aromatic nitrogens is 1. The first-order chi connectivity index (χ1) is 14.0. The van der Waals surface area contributed by atoms with E-state index in [9.17, 15) is 14.7 Å². The van der Waals surface area contributed by atoms with Gasteiger partial charge in [0.15, 0.2) is 0 Å². The number of benzene rings is 1. The van der Waals surface area contributed by atoms with Gasteiger partial charge in [0.05, 0.1) is 23.4 Å². The van der Waals surface area contributed by atoms with E-state index in [1.165, 1.54) is 7.11 Å². The minimum Gasteiger partial charge on any atom is -0.453 e. The summed E-state index contributed by atoms with van der Waals surface area (Å²) < 4.78 is 18.9. The van der Waals surface area contributed by atoms with Crippen LogP contribution in [0.1, 0.15) is 35.5 Å². The Morgan fingerprint density at radius 1 is 1.31 bits per heavy atom. The molecule has 1 N–H and O–H groups in total. The summed E-state index contributed by atoms with van der Waals surface area (Å²) in [6, 6.07) is 5.67. The van der Waals surface area contributed by atoms with Crippen LogP contribution in [0.2, 0.25) is 0 Å². The molecule has 0 spiro atoms. The summed E-state index contributed by atoms with van der Waals surface area (Å²) in [5, 5.41) is 11.7. The summed E-state index contributed by atoms with van der Waals surface area (Å²) in [6.45, 7) is 2.92. The van der Waals surface area contributed by atoms with E-state index >= 15 is 0 Å². The summed E-state index contributed by atoms with van der Waals surface area (Å²) >= 11 is 0. The van der Waals surface area contributed by atoms with Gasteiger partial charge in [0.2, 0.25) is 6.41 Å². The molecule has 4 heterocycles. The van der Waals surface area contributed by atoms with E-state index in [0.29, 0.717) is 37.2 Å². The van der Waals surface area contributed by atoms with Crippen molar-refractivity contribution < 1.29 is 28.9 Å². The fourth-order valence-corrected chi connectivity index (χ4v) is 5.01. The number of nitrogens with zero attached hydrogens (tertiary/aromatic N) is 2. The minimum absolute atomic E-state index is 0.218. The van der Waals surface area contributed by atoms with Gasteiger partial charge in [0.1, 0.15) is 11.9 Å². The van der Waals surface area contributed by atoms with Crippen molar-refractivity contribution in [1.82, 2.24) is 9.47 Å². The summed E-state index contributed by atoms with van der Waals surface area (Å²) in [4.78, 5) is 26.5. The molecule has 2 aromatic rings. The molecule has 3 aliphatic heterocycles. The second-order valence-electron chi connectivity index (χ2n) is 7.97. The van der Waals surface area contributed by atoms with Crippen molar-refractivity contribution in [1.29, 1.82) is 0 Å². The predicted molar refractivity (Wildman–Crippen MR) is 103 cm³/mol. The molecule has 1 saturated heterocycles. The first-order valence-electron chi connectivity index (χ1n) is 9.98. The smallest absolute Gasteiger partial charge is 0.301 e. The lowest BCUT2D eigenvalue weighted by molar-refractivity contribution is -0.118. The topological polar surface area (TPSA) is 90.2 Å². The third-order valence-corrected chi connectivity index (χ3v) is 6.45. The Labute approximate surface area is 167 Å². The number of aliphatic hydroxyl groups excluding tert-OH is 1. The summed E-state index contributed by atoms with van der Waals surface area (Å²) in [7, 11) is 1.44. The number of para-hydroxylation sites is 1. The Morgan fingerprint density at radius 2 is 2.14 bits per heavy atom. The Hall–Kier alpha value is -2.42. The number of aliphatic hydroxyl groups is 1.